The molecule has 0 radical (unpaired) electrons. The number of hydrogen-bond donors (Lipinski definition) is 3. The molecule has 0 aromatic heterocycles. The second kappa shape index (κ2) is 13.6. The maximum absolute atomic E-state index is 12.0. The van der Waals surface area contributed by atoms with Crippen LogP contribution in [0.25, 0.3) is 0 Å². The Morgan fingerprint density at radius 1 is 0.913 bits per heavy atom. The highest BCUT2D eigenvalue weighted by atomic mass is 32.2. The Balaban J connectivity index is 1.64. The number of likely N-dealkylation sites (N-methyl/N-ethyl adjacent to an activating group) is 1. The minimum atomic E-state index is -4.40. The Bertz CT molecular complexity index is 1840. The predicted octanol–water partition coefficient (Wildman–Crippen LogP) is 6.03. The second-order valence-corrected chi connectivity index (χ2v) is 15.6. The van der Waals surface area contributed by atoms with Crippen molar-refractivity contribution in [3.63, 3.8) is 0 Å². The number of hydrogen-bond acceptors (Lipinski definition) is 6. The zero-order valence-electron chi connectivity index (χ0n) is 26.7. The van der Waals surface area contributed by atoms with Gasteiger partial charge in [0, 0.05) is 54.4 Å². The van der Waals surface area contributed by atoms with Crippen molar-refractivity contribution in [3.05, 3.63) is 89.7 Å². The summed E-state index contributed by atoms with van der Waals surface area (Å²) in [5, 5.41) is 9.01. The fourth-order valence-electron chi connectivity index (χ4n) is 6.68. The van der Waals surface area contributed by atoms with Crippen molar-refractivity contribution in [1.82, 2.24) is 0 Å². The maximum Gasteiger partial charge on any atom is 0.303 e. The third-order valence-electron chi connectivity index (χ3n) is 9.03. The number of rotatable bonds is 14. The molecular weight excluding hydrogens is 629 g/mol. The molecule has 2 aromatic rings. The molecule has 2 aromatic carbocycles. The predicted molar refractivity (Wildman–Crippen MR) is 179 cm³/mol. The Morgan fingerprint density at radius 3 is 2.30 bits per heavy atom. The van der Waals surface area contributed by atoms with Crippen LogP contribution in [-0.4, -0.2) is 66.6 Å². The van der Waals surface area contributed by atoms with Crippen LogP contribution in [0.5, 0.6) is 0 Å². The summed E-state index contributed by atoms with van der Waals surface area (Å²) in [7, 11) is -6.56. The normalized spacial score (nSPS) is 20.3. The van der Waals surface area contributed by atoms with E-state index in [-0.39, 0.29) is 28.9 Å². The van der Waals surface area contributed by atoms with E-state index in [0.717, 1.165) is 40.3 Å². The highest BCUT2D eigenvalue weighted by molar-refractivity contribution is 7.86. The van der Waals surface area contributed by atoms with E-state index in [9.17, 15) is 30.7 Å². The average molecular weight is 672 g/mol. The van der Waals surface area contributed by atoms with Crippen molar-refractivity contribution in [2.75, 3.05) is 24.2 Å². The first-order valence-corrected chi connectivity index (χ1v) is 18.3. The van der Waals surface area contributed by atoms with Crippen LogP contribution in [0.4, 0.5) is 11.4 Å². The van der Waals surface area contributed by atoms with Crippen LogP contribution in [0.15, 0.2) is 83.4 Å². The third kappa shape index (κ3) is 7.68. The fourth-order valence-corrected chi connectivity index (χ4v) is 7.68. The minimum Gasteiger partial charge on any atom is -0.481 e. The molecule has 248 valence electrons. The first-order valence-electron chi connectivity index (χ1n) is 15.3. The van der Waals surface area contributed by atoms with Gasteiger partial charge < -0.3 is 10.0 Å². The van der Waals surface area contributed by atoms with Gasteiger partial charge in [-0.25, -0.2) is 0 Å². The lowest BCUT2D eigenvalue weighted by Crippen LogP contribution is -2.28. The zero-order valence-corrected chi connectivity index (χ0v) is 28.3. The van der Waals surface area contributed by atoms with Crippen LogP contribution >= 0.6 is 0 Å². The number of carboxylic acid groups (broad SMARTS) is 1. The first-order chi connectivity index (χ1) is 21.5. The van der Waals surface area contributed by atoms with Gasteiger partial charge in [-0.3, -0.25) is 13.9 Å². The SMILES string of the molecule is CN1C(=CC=CC=CC2=[N+](CCCS(=O)(=O)O)c3ccccc3C2(C)C)C(C)(CCCCCC(=O)O)c2cc(S(=O)(=O)O)ccc21. The van der Waals surface area contributed by atoms with Gasteiger partial charge in [0.15, 0.2) is 5.71 Å². The van der Waals surface area contributed by atoms with Gasteiger partial charge in [0.1, 0.15) is 6.54 Å². The molecule has 1 unspecified atom stereocenters. The number of fused-ring (bicyclic) bond motifs is 2. The average Bonchev–Trinajstić information content (AvgIpc) is 3.30. The largest absolute Gasteiger partial charge is 0.481 e. The van der Waals surface area contributed by atoms with Gasteiger partial charge in [0.2, 0.25) is 5.69 Å². The van der Waals surface area contributed by atoms with Crippen molar-refractivity contribution in [3.8, 4) is 0 Å². The van der Waals surface area contributed by atoms with E-state index >= 15 is 0 Å². The van der Waals surface area contributed by atoms with E-state index in [1.165, 1.54) is 12.1 Å². The number of benzene rings is 2. The summed E-state index contributed by atoms with van der Waals surface area (Å²) >= 11 is 0. The molecule has 0 amide bonds. The molecule has 2 aliphatic rings. The number of anilines is 1. The summed E-state index contributed by atoms with van der Waals surface area (Å²) < 4.78 is 67.8. The van der Waals surface area contributed by atoms with Gasteiger partial charge in [-0.1, -0.05) is 49.3 Å². The second-order valence-electron chi connectivity index (χ2n) is 12.6. The van der Waals surface area contributed by atoms with E-state index in [0.29, 0.717) is 25.8 Å². The molecule has 0 spiro atoms. The van der Waals surface area contributed by atoms with Gasteiger partial charge >= 0.3 is 5.97 Å². The molecule has 4 rings (SSSR count). The number of unbranched alkanes of at least 4 members (excludes halogenated alkanes) is 2. The van der Waals surface area contributed by atoms with E-state index in [1.807, 2.05) is 67.5 Å². The van der Waals surface area contributed by atoms with E-state index in [2.05, 4.69) is 24.5 Å². The van der Waals surface area contributed by atoms with Crippen molar-refractivity contribution in [1.29, 1.82) is 0 Å². The van der Waals surface area contributed by atoms with E-state index in [4.69, 9.17) is 5.11 Å². The van der Waals surface area contributed by atoms with Crippen LogP contribution in [0.2, 0.25) is 0 Å². The molecule has 0 saturated heterocycles. The zero-order chi connectivity index (χ0) is 33.9. The number of aliphatic carboxylic acids is 1. The Morgan fingerprint density at radius 2 is 1.63 bits per heavy atom. The summed E-state index contributed by atoms with van der Waals surface area (Å²) in [5.74, 6) is -1.16. The molecule has 2 heterocycles. The molecule has 1 atom stereocenters. The topological polar surface area (TPSA) is 152 Å². The highest BCUT2D eigenvalue weighted by Gasteiger charge is 2.44. The van der Waals surface area contributed by atoms with Crippen molar-refractivity contribution >= 4 is 43.3 Å². The number of nitrogens with zero attached hydrogens (tertiary/aromatic N) is 2. The maximum atomic E-state index is 12.0. The fraction of sp³-hybridized carbons (Fsp3) is 0.412. The summed E-state index contributed by atoms with van der Waals surface area (Å²) in [6.45, 7) is 6.70. The molecule has 0 fully saturated rings. The smallest absolute Gasteiger partial charge is 0.303 e. The lowest BCUT2D eigenvalue weighted by atomic mass is 9.77. The van der Waals surface area contributed by atoms with Gasteiger partial charge in [0.05, 0.1) is 16.1 Å². The molecule has 10 nitrogen and oxygen atoms in total. The first kappa shape index (κ1) is 35.3. The minimum absolute atomic E-state index is 0.0940. The van der Waals surface area contributed by atoms with E-state index < -0.39 is 31.6 Å². The summed E-state index contributed by atoms with van der Waals surface area (Å²) in [5.41, 5.74) is 4.74. The van der Waals surface area contributed by atoms with Crippen LogP contribution in [-0.2, 0) is 35.9 Å². The Kier molecular flexibility index (Phi) is 10.5. The number of carboxylic acids is 1. The number of carbonyl (C=O) groups is 1. The number of para-hydroxylation sites is 1. The standard InChI is InChI=1S/C34H42N2O8S2/c1-33(2)26-14-10-11-15-29(26)36(22-13-23-45(39,40)41)30(33)16-7-5-8-17-31-34(3,21-12-6-9-18-32(37)38)27-24-25(46(42,43)44)19-20-28(27)35(31)4/h5,7-8,10-11,14-17,19-20,24H,6,9,12-13,18,21-23H2,1-4H3,(H2-,37,38,39,40,41,42,43,44)/p+1. The van der Waals surface area contributed by atoms with Crippen LogP contribution in [0, 0.1) is 0 Å². The van der Waals surface area contributed by atoms with E-state index in [1.54, 1.807) is 6.07 Å². The van der Waals surface area contributed by atoms with Gasteiger partial charge in [-0.15, -0.1) is 0 Å². The molecule has 12 heteroatoms. The lowest BCUT2D eigenvalue weighted by molar-refractivity contribution is -0.437. The molecule has 2 aliphatic heterocycles. The summed E-state index contributed by atoms with van der Waals surface area (Å²) in [6, 6.07) is 12.6. The van der Waals surface area contributed by atoms with Gasteiger partial charge in [0.25, 0.3) is 20.2 Å². The molecule has 0 saturated carbocycles. The Hall–Kier alpha value is -3.58. The Labute approximate surface area is 272 Å². The molecule has 0 bridgehead atoms. The molecular formula is C34H43N2O8S2+. The lowest BCUT2D eigenvalue weighted by Gasteiger charge is -2.29. The van der Waals surface area contributed by atoms with Gasteiger partial charge in [-0.2, -0.15) is 21.4 Å². The van der Waals surface area contributed by atoms with Crippen LogP contribution in [0.1, 0.15) is 70.4 Å². The van der Waals surface area contributed by atoms with Crippen LogP contribution in [0.3, 0.4) is 0 Å². The summed E-state index contributed by atoms with van der Waals surface area (Å²) in [6.07, 6.45) is 12.7. The van der Waals surface area contributed by atoms with Gasteiger partial charge in [-0.05, 0) is 63.5 Å². The monoisotopic (exact) mass is 671 g/mol. The molecule has 46 heavy (non-hydrogen) atoms. The summed E-state index contributed by atoms with van der Waals surface area (Å²) in [4.78, 5) is 12.8. The van der Waals surface area contributed by atoms with Crippen molar-refractivity contribution in [2.45, 2.75) is 75.0 Å². The third-order valence-corrected chi connectivity index (χ3v) is 10.7. The number of allylic oxidation sites excluding steroid dienone is 6. The van der Waals surface area contributed by atoms with Crippen molar-refractivity contribution in [2.24, 2.45) is 0 Å². The highest BCUT2D eigenvalue weighted by Crippen LogP contribution is 2.50. The van der Waals surface area contributed by atoms with Crippen molar-refractivity contribution < 1.29 is 40.4 Å². The quantitative estimate of drug-likeness (QED) is 0.0947. The molecule has 3 N–H and O–H groups in total. The van der Waals surface area contributed by atoms with Crippen LogP contribution < -0.4 is 4.90 Å². The molecule has 0 aliphatic carbocycles.